The number of nitrogens with zero attached hydrogens (tertiary/aromatic N) is 6. The lowest BCUT2D eigenvalue weighted by Crippen LogP contribution is -2.46. The predicted octanol–water partition coefficient (Wildman–Crippen LogP) is 11.5. The van der Waals surface area contributed by atoms with Crippen LogP contribution in [0.1, 0.15) is 49.4 Å². The van der Waals surface area contributed by atoms with Crippen molar-refractivity contribution >= 4 is 72.7 Å². The first-order valence-electron chi connectivity index (χ1n) is 23.2. The lowest BCUT2D eigenvalue weighted by Gasteiger charge is -2.34. The van der Waals surface area contributed by atoms with Gasteiger partial charge in [0.2, 0.25) is 5.69 Å². The number of hydrogen-bond donors (Lipinski definition) is 0. The molecule has 0 saturated carbocycles. The smallest absolute Gasteiger partial charge is 0.205 e. The van der Waals surface area contributed by atoms with Crippen molar-refractivity contribution in [1.82, 2.24) is 4.90 Å². The van der Waals surface area contributed by atoms with Gasteiger partial charge in [0.1, 0.15) is 6.54 Å². The van der Waals surface area contributed by atoms with Crippen molar-refractivity contribution < 1.29 is 13.5 Å². The zero-order valence-electron chi connectivity index (χ0n) is 39.7. The maximum Gasteiger partial charge on any atom is 0.205 e. The average Bonchev–Trinajstić information content (AvgIpc) is 3.29. The minimum Gasteiger partial charge on any atom is -0.377 e. The number of fused-ring (bicyclic) bond motifs is 2. The quantitative estimate of drug-likeness (QED) is 0.0264. The van der Waals surface area contributed by atoms with Crippen molar-refractivity contribution in [2.45, 2.75) is 39.2 Å². The molecule has 8 heteroatoms. The van der Waals surface area contributed by atoms with Gasteiger partial charge >= 0.3 is 0 Å². The third-order valence-corrected chi connectivity index (χ3v) is 15.3. The van der Waals surface area contributed by atoms with E-state index in [1.54, 1.807) is 0 Å². The van der Waals surface area contributed by atoms with Crippen LogP contribution in [0.5, 0.6) is 0 Å². The molecule has 6 nitrogen and oxygen atoms in total. The summed E-state index contributed by atoms with van der Waals surface area (Å²) in [5.41, 5.74) is 7.59. The molecule has 0 N–H and O–H groups in total. The van der Waals surface area contributed by atoms with Crippen LogP contribution in [0.2, 0.25) is 0 Å². The first-order valence-corrected chi connectivity index (χ1v) is 25.7. The van der Waals surface area contributed by atoms with E-state index in [9.17, 15) is 0 Å². The standard InChI is InChI=1S/C55H75N6S2/c1-9-61(8,41-21-19-39-59-37-17-15-23-49(59)33-29-47-31-35-55(57(4)5)53-27-13-11-25-51(47)53)43-45-63-62-44-42-60(6,7)40-20-18-38-58-36-16-14-22-48(58)32-28-46-30-34-54(56(2)3)52-26-12-10-24-50(46)52/h10-17,22-36H,9,18-21,37-45H2,1-8H3/q+3. The molecular formula is C55H75N6S2+3. The second-order valence-electron chi connectivity index (χ2n) is 18.5. The van der Waals surface area contributed by atoms with E-state index in [1.165, 1.54) is 125 Å². The summed E-state index contributed by atoms with van der Waals surface area (Å²) in [6.07, 6.45) is 23.1. The first-order chi connectivity index (χ1) is 30.5. The highest BCUT2D eigenvalue weighted by Gasteiger charge is 2.20. The summed E-state index contributed by atoms with van der Waals surface area (Å²) in [7, 11) is 19.9. The summed E-state index contributed by atoms with van der Waals surface area (Å²) in [5.74, 6) is 2.41. The molecule has 334 valence electrons. The number of hydrogen-bond acceptors (Lipinski definition) is 5. The van der Waals surface area contributed by atoms with E-state index in [4.69, 9.17) is 0 Å². The summed E-state index contributed by atoms with van der Waals surface area (Å²) in [6.45, 7) is 11.6. The maximum absolute atomic E-state index is 2.54. The lowest BCUT2D eigenvalue weighted by molar-refractivity contribution is -0.905. The summed E-state index contributed by atoms with van der Waals surface area (Å²) in [5, 5.41) is 5.18. The molecule has 0 radical (unpaired) electrons. The Balaban J connectivity index is 0.870. The number of benzene rings is 4. The Labute approximate surface area is 388 Å². The fourth-order valence-corrected chi connectivity index (χ4v) is 11.1. The highest BCUT2D eigenvalue weighted by molar-refractivity contribution is 8.76. The molecule has 5 aromatic rings. The Hall–Kier alpha value is -4.47. The van der Waals surface area contributed by atoms with E-state index in [0.29, 0.717) is 0 Å². The van der Waals surface area contributed by atoms with Crippen LogP contribution < -0.4 is 14.4 Å². The zero-order chi connectivity index (χ0) is 44.7. The molecule has 1 aromatic heterocycles. The van der Waals surface area contributed by atoms with E-state index >= 15 is 0 Å². The van der Waals surface area contributed by atoms with Crippen LogP contribution in [0, 0.1) is 0 Å². The molecule has 1 atom stereocenters. The molecule has 0 amide bonds. The van der Waals surface area contributed by atoms with Gasteiger partial charge in [0.15, 0.2) is 6.20 Å². The maximum atomic E-state index is 2.54. The zero-order valence-corrected chi connectivity index (χ0v) is 41.3. The van der Waals surface area contributed by atoms with Crippen LogP contribution in [0.15, 0.2) is 127 Å². The average molecular weight is 884 g/mol. The highest BCUT2D eigenvalue weighted by atomic mass is 33.1. The monoisotopic (exact) mass is 884 g/mol. The minimum absolute atomic E-state index is 0.984. The second kappa shape index (κ2) is 23.5. The molecule has 1 unspecified atom stereocenters. The van der Waals surface area contributed by atoms with Crippen molar-refractivity contribution in [2.75, 3.05) is 116 Å². The molecule has 0 spiro atoms. The van der Waals surface area contributed by atoms with E-state index in [-0.39, 0.29) is 0 Å². The molecule has 6 rings (SSSR count). The number of quaternary nitrogens is 2. The molecule has 2 heterocycles. The SMILES string of the molecule is CC[N+](C)(CCCCN1CC=CC=C1C=Cc1ccc(N(C)C)c2ccccc12)CCSSCC[N+](C)(C)CCCC[n+]1ccccc1C=Cc1ccc(N(C)C)c2ccccc12. The Bertz CT molecular complexity index is 2360. The van der Waals surface area contributed by atoms with Crippen molar-refractivity contribution in [3.05, 3.63) is 144 Å². The van der Waals surface area contributed by atoms with Crippen LogP contribution in [0.25, 0.3) is 39.8 Å². The largest absolute Gasteiger partial charge is 0.377 e. The number of aromatic nitrogens is 1. The van der Waals surface area contributed by atoms with E-state index in [1.807, 2.05) is 0 Å². The molecule has 0 fully saturated rings. The Morgan fingerprint density at radius 1 is 0.619 bits per heavy atom. The van der Waals surface area contributed by atoms with Gasteiger partial charge in [0.05, 0.1) is 65.4 Å². The molecule has 4 aromatic carbocycles. The molecule has 1 aliphatic heterocycles. The van der Waals surface area contributed by atoms with Crippen LogP contribution >= 0.6 is 21.6 Å². The summed E-state index contributed by atoms with van der Waals surface area (Å²) in [6, 6.07) is 33.0. The first kappa shape index (κ1) is 48.0. The summed E-state index contributed by atoms with van der Waals surface area (Å²) >= 11 is 0. The minimum atomic E-state index is 0.984. The molecule has 63 heavy (non-hydrogen) atoms. The van der Waals surface area contributed by atoms with Gasteiger partial charge in [-0.1, -0.05) is 100 Å². The Kier molecular flexibility index (Phi) is 17.9. The number of aryl methyl sites for hydroxylation is 1. The Morgan fingerprint density at radius 2 is 1.21 bits per heavy atom. The van der Waals surface area contributed by atoms with Crippen LogP contribution in [-0.2, 0) is 6.54 Å². The van der Waals surface area contributed by atoms with Gasteiger partial charge in [0.25, 0.3) is 0 Å². The fourth-order valence-electron chi connectivity index (χ4n) is 8.64. The summed E-state index contributed by atoms with van der Waals surface area (Å²) < 4.78 is 4.65. The van der Waals surface area contributed by atoms with Gasteiger partial charge in [-0.15, -0.1) is 0 Å². The molecular weight excluding hydrogens is 809 g/mol. The van der Waals surface area contributed by atoms with E-state index in [2.05, 4.69) is 237 Å². The lowest BCUT2D eigenvalue weighted by atomic mass is 10.0. The van der Waals surface area contributed by atoms with Crippen molar-refractivity contribution in [1.29, 1.82) is 0 Å². The van der Waals surface area contributed by atoms with Crippen molar-refractivity contribution in [3.63, 3.8) is 0 Å². The molecule has 1 aliphatic rings. The number of unbranched alkanes of at least 4 members (excludes halogenated alkanes) is 2. The molecule has 0 saturated heterocycles. The van der Waals surface area contributed by atoms with E-state index < -0.39 is 0 Å². The number of rotatable bonds is 24. The Morgan fingerprint density at radius 3 is 1.84 bits per heavy atom. The third-order valence-electron chi connectivity index (χ3n) is 12.9. The van der Waals surface area contributed by atoms with Crippen LogP contribution in [0.4, 0.5) is 11.4 Å². The van der Waals surface area contributed by atoms with Crippen LogP contribution in [-0.4, -0.2) is 121 Å². The van der Waals surface area contributed by atoms with Gasteiger partial charge < -0.3 is 23.7 Å². The highest BCUT2D eigenvalue weighted by Crippen LogP contribution is 2.31. The topological polar surface area (TPSA) is 13.6 Å². The molecule has 0 bridgehead atoms. The predicted molar refractivity (Wildman–Crippen MR) is 282 cm³/mol. The van der Waals surface area contributed by atoms with Crippen LogP contribution in [0.3, 0.4) is 0 Å². The van der Waals surface area contributed by atoms with Crippen molar-refractivity contribution in [3.8, 4) is 0 Å². The number of allylic oxidation sites excluding steroid dienone is 3. The van der Waals surface area contributed by atoms with Gasteiger partial charge in [-0.25, -0.2) is 0 Å². The van der Waals surface area contributed by atoms with Gasteiger partial charge in [-0.3, -0.25) is 0 Å². The number of anilines is 2. The van der Waals surface area contributed by atoms with Gasteiger partial charge in [-0.2, -0.15) is 4.57 Å². The van der Waals surface area contributed by atoms with Gasteiger partial charge in [-0.05, 0) is 78.1 Å². The fraction of sp³-hybridized carbons (Fsp3) is 0.400. The van der Waals surface area contributed by atoms with Crippen molar-refractivity contribution in [2.24, 2.45) is 0 Å². The van der Waals surface area contributed by atoms with Gasteiger partial charge in [0, 0.05) is 100 Å². The third kappa shape index (κ3) is 13.8. The second-order valence-corrected chi connectivity index (χ2v) is 21.2. The molecule has 0 aliphatic carbocycles. The van der Waals surface area contributed by atoms with E-state index in [0.717, 1.165) is 28.6 Å². The normalized spacial score (nSPS) is 14.3. The summed E-state index contributed by atoms with van der Waals surface area (Å²) in [4.78, 5) is 6.94. The number of pyridine rings is 1.